The first-order chi connectivity index (χ1) is 21.2. The summed E-state index contributed by atoms with van der Waals surface area (Å²) in [5.74, 6) is 0.209. The third-order valence-corrected chi connectivity index (χ3v) is 14.2. The first kappa shape index (κ1) is 33.2. The highest BCUT2D eigenvalue weighted by Crippen LogP contribution is 2.77. The van der Waals surface area contributed by atoms with Gasteiger partial charge in [-0.15, -0.1) is 0 Å². The predicted octanol–water partition coefficient (Wildman–Crippen LogP) is 9.70. The monoisotopic (exact) mass is 628 g/mol. The Hall–Kier alpha value is -2.69. The number of hydrogen-bond acceptors (Lipinski definition) is 4. The van der Waals surface area contributed by atoms with Gasteiger partial charge in [-0.25, -0.2) is 4.79 Å². The van der Waals surface area contributed by atoms with Gasteiger partial charge in [0.05, 0.1) is 11.0 Å². The number of carbonyl (C=O) groups is 3. The molecule has 6 rings (SSSR count). The van der Waals surface area contributed by atoms with Crippen LogP contribution < -0.4 is 0 Å². The van der Waals surface area contributed by atoms with Gasteiger partial charge in [0, 0.05) is 6.42 Å². The van der Waals surface area contributed by atoms with Crippen molar-refractivity contribution in [3.05, 3.63) is 52.6 Å². The minimum atomic E-state index is -1.01. The number of ketones is 1. The van der Waals surface area contributed by atoms with Crippen molar-refractivity contribution in [1.29, 1.82) is 0 Å². The fraction of sp³-hybridized carbons (Fsp3) is 0.683. The van der Waals surface area contributed by atoms with Crippen LogP contribution in [0.15, 0.2) is 41.5 Å². The van der Waals surface area contributed by atoms with Gasteiger partial charge in [0.15, 0.2) is 5.78 Å². The molecule has 0 aliphatic heterocycles. The Morgan fingerprint density at radius 2 is 1.54 bits per heavy atom. The summed E-state index contributed by atoms with van der Waals surface area (Å²) in [6.45, 7) is 22.2. The van der Waals surface area contributed by atoms with Crippen LogP contribution in [0.25, 0.3) is 5.57 Å². The standard InChI is InChI=1S/C41H56O5/c1-24(2)32-29(42)23-41(35(44)45)22-21-39(9)28(33(32)41)15-16-31-38(8)19-17-27(37(6,7)30(38)18-20-40(31,39)10)25-11-13-26(14-12-25)34(43)46-36(3,4)5/h11-14,17,24,28,30-31H,15-16,18-23H2,1-10H3,(H,44,45)/t28-,30+,31-,38+,39-,40-,41-/m1/s1. The summed E-state index contributed by atoms with van der Waals surface area (Å²) in [5.41, 5.74) is 3.53. The van der Waals surface area contributed by atoms with Crippen LogP contribution in [0.1, 0.15) is 137 Å². The van der Waals surface area contributed by atoms with E-state index in [2.05, 4.69) is 66.7 Å². The van der Waals surface area contributed by atoms with E-state index in [1.165, 1.54) is 11.1 Å². The number of benzene rings is 1. The normalized spacial score (nSPS) is 38.4. The van der Waals surface area contributed by atoms with E-state index >= 15 is 0 Å². The van der Waals surface area contributed by atoms with Crippen molar-refractivity contribution in [1.82, 2.24) is 0 Å². The third kappa shape index (κ3) is 4.49. The molecule has 0 heterocycles. The molecule has 5 aliphatic carbocycles. The Labute approximate surface area is 276 Å². The fourth-order valence-electron chi connectivity index (χ4n) is 12.1. The maximum Gasteiger partial charge on any atom is 0.338 e. The van der Waals surface area contributed by atoms with E-state index in [4.69, 9.17) is 4.74 Å². The number of rotatable bonds is 4. The molecule has 0 radical (unpaired) electrons. The number of Topliss-reactive ketones (excluding diaryl/α,β-unsaturated/α-hetero) is 1. The number of esters is 1. The minimum Gasteiger partial charge on any atom is -0.481 e. The Bertz CT molecular complexity index is 1530. The summed E-state index contributed by atoms with van der Waals surface area (Å²) in [6, 6.07) is 7.99. The summed E-state index contributed by atoms with van der Waals surface area (Å²) >= 11 is 0. The number of aliphatic carboxylic acids is 1. The van der Waals surface area contributed by atoms with E-state index in [0.717, 1.165) is 49.7 Å². The molecule has 0 amide bonds. The number of fused-ring (bicyclic) bond motifs is 7. The van der Waals surface area contributed by atoms with E-state index in [9.17, 15) is 19.5 Å². The molecule has 0 saturated heterocycles. The van der Waals surface area contributed by atoms with E-state index in [-0.39, 0.29) is 51.7 Å². The Kier molecular flexibility index (Phi) is 7.51. The van der Waals surface area contributed by atoms with Crippen molar-refractivity contribution in [2.45, 2.75) is 126 Å². The average Bonchev–Trinajstić information content (AvgIpc) is 3.26. The second-order valence-corrected chi connectivity index (χ2v) is 18.2. The molecule has 0 unspecified atom stereocenters. The maximum atomic E-state index is 13.4. The van der Waals surface area contributed by atoms with Crippen LogP contribution in [0.4, 0.5) is 0 Å². The van der Waals surface area contributed by atoms with Gasteiger partial charge >= 0.3 is 11.9 Å². The number of carboxylic acids is 1. The summed E-state index contributed by atoms with van der Waals surface area (Å²) in [6.07, 6.45) is 9.40. The molecule has 5 aliphatic rings. The highest BCUT2D eigenvalue weighted by atomic mass is 16.6. The van der Waals surface area contributed by atoms with E-state index < -0.39 is 17.0 Å². The Balaban J connectivity index is 1.35. The van der Waals surface area contributed by atoms with Gasteiger partial charge in [-0.2, -0.15) is 0 Å². The van der Waals surface area contributed by atoms with Crippen molar-refractivity contribution in [2.24, 2.45) is 50.7 Å². The Morgan fingerprint density at radius 1 is 0.891 bits per heavy atom. The van der Waals surface area contributed by atoms with Gasteiger partial charge in [-0.1, -0.05) is 66.7 Å². The summed E-state index contributed by atoms with van der Waals surface area (Å²) in [7, 11) is 0. The fourth-order valence-corrected chi connectivity index (χ4v) is 12.1. The SMILES string of the molecule is CC(C)C1=C2[C@H]3CC[C@@H]4[C@@]5(C)CC=C(c6ccc(C(=O)OC(C)(C)C)cc6)C(C)(C)[C@@H]5CC[C@@]4(C)[C@]3(C)CC[C@@]2(C(=O)O)CC1=O. The van der Waals surface area contributed by atoms with Crippen LogP contribution in [0.2, 0.25) is 0 Å². The topological polar surface area (TPSA) is 80.7 Å². The van der Waals surface area contributed by atoms with Gasteiger partial charge in [-0.05, 0) is 145 Å². The number of allylic oxidation sites excluding steroid dienone is 3. The molecule has 5 nitrogen and oxygen atoms in total. The third-order valence-electron chi connectivity index (χ3n) is 14.2. The summed E-state index contributed by atoms with van der Waals surface area (Å²) < 4.78 is 5.60. The maximum absolute atomic E-state index is 13.4. The first-order valence-electron chi connectivity index (χ1n) is 17.8. The number of carboxylic acid groups (broad SMARTS) is 1. The van der Waals surface area contributed by atoms with Gasteiger partial charge in [0.1, 0.15) is 5.60 Å². The zero-order valence-corrected chi connectivity index (χ0v) is 29.9. The van der Waals surface area contributed by atoms with Crippen LogP contribution in [0.3, 0.4) is 0 Å². The average molecular weight is 629 g/mol. The molecule has 5 heteroatoms. The van der Waals surface area contributed by atoms with Crippen molar-refractivity contribution in [3.63, 3.8) is 0 Å². The molecule has 0 aromatic heterocycles. The Morgan fingerprint density at radius 3 is 2.13 bits per heavy atom. The van der Waals surface area contributed by atoms with Crippen LogP contribution in [0, 0.1) is 50.7 Å². The van der Waals surface area contributed by atoms with Crippen LogP contribution in [-0.4, -0.2) is 28.4 Å². The number of carbonyl (C=O) groups excluding carboxylic acids is 2. The van der Waals surface area contributed by atoms with E-state index in [1.807, 2.05) is 32.9 Å². The smallest absolute Gasteiger partial charge is 0.338 e. The lowest BCUT2D eigenvalue weighted by molar-refractivity contribution is -0.199. The molecule has 1 aromatic carbocycles. The summed E-state index contributed by atoms with van der Waals surface area (Å²) in [4.78, 5) is 39.1. The molecule has 1 N–H and O–H groups in total. The van der Waals surface area contributed by atoms with Crippen LogP contribution in [0.5, 0.6) is 0 Å². The largest absolute Gasteiger partial charge is 0.481 e. The highest BCUT2D eigenvalue weighted by molar-refractivity contribution is 6.05. The lowest BCUT2D eigenvalue weighted by Gasteiger charge is -2.71. The highest BCUT2D eigenvalue weighted by Gasteiger charge is 2.70. The lowest BCUT2D eigenvalue weighted by atomic mass is 9.33. The quantitative estimate of drug-likeness (QED) is 0.336. The summed E-state index contributed by atoms with van der Waals surface area (Å²) in [5, 5.41) is 10.6. The van der Waals surface area contributed by atoms with E-state index in [1.54, 1.807) is 0 Å². The molecule has 3 saturated carbocycles. The molecule has 1 aromatic rings. The van der Waals surface area contributed by atoms with Crippen LogP contribution in [-0.2, 0) is 14.3 Å². The molecule has 0 bridgehead atoms. The van der Waals surface area contributed by atoms with Crippen molar-refractivity contribution in [3.8, 4) is 0 Å². The van der Waals surface area contributed by atoms with Crippen molar-refractivity contribution in [2.75, 3.05) is 0 Å². The van der Waals surface area contributed by atoms with Gasteiger partial charge < -0.3 is 9.84 Å². The molecule has 250 valence electrons. The number of ether oxygens (including phenoxy) is 1. The lowest BCUT2D eigenvalue weighted by Crippen LogP contribution is -2.64. The second kappa shape index (κ2) is 10.4. The predicted molar refractivity (Wildman–Crippen MR) is 182 cm³/mol. The second-order valence-electron chi connectivity index (χ2n) is 18.2. The van der Waals surface area contributed by atoms with Crippen LogP contribution >= 0.6 is 0 Å². The minimum absolute atomic E-state index is 0.0459. The molecular formula is C41H56O5. The number of hydrogen-bond donors (Lipinski definition) is 1. The molecule has 7 atom stereocenters. The molecular weight excluding hydrogens is 572 g/mol. The molecule has 3 fully saturated rings. The van der Waals surface area contributed by atoms with Crippen molar-refractivity contribution >= 4 is 23.3 Å². The molecule has 0 spiro atoms. The van der Waals surface area contributed by atoms with Gasteiger partial charge in [0.25, 0.3) is 0 Å². The first-order valence-corrected chi connectivity index (χ1v) is 17.8. The van der Waals surface area contributed by atoms with Gasteiger partial charge in [-0.3, -0.25) is 9.59 Å². The zero-order valence-electron chi connectivity index (χ0n) is 29.9. The molecule has 46 heavy (non-hydrogen) atoms. The van der Waals surface area contributed by atoms with E-state index in [0.29, 0.717) is 23.8 Å². The van der Waals surface area contributed by atoms with Crippen molar-refractivity contribution < 1.29 is 24.2 Å². The van der Waals surface area contributed by atoms with Gasteiger partial charge in [0.2, 0.25) is 0 Å². The zero-order chi connectivity index (χ0) is 33.8.